The summed E-state index contributed by atoms with van der Waals surface area (Å²) < 4.78 is 15.5. The molecule has 2 N–H and O–H groups in total. The van der Waals surface area contributed by atoms with Gasteiger partial charge in [0.2, 0.25) is 0 Å². The Morgan fingerprint density at radius 3 is 2.57 bits per heavy atom. The maximum absolute atomic E-state index is 12.4. The van der Waals surface area contributed by atoms with Crippen molar-refractivity contribution < 1.29 is 23.8 Å². The Hall–Kier alpha value is -1.67. The molecule has 0 spiro atoms. The molecule has 2 atom stereocenters. The van der Waals surface area contributed by atoms with E-state index in [9.17, 15) is 9.59 Å². The van der Waals surface area contributed by atoms with Gasteiger partial charge in [-0.1, -0.05) is 11.8 Å². The first-order valence-electron chi connectivity index (χ1n) is 7.63. The van der Waals surface area contributed by atoms with Gasteiger partial charge in [-0.2, -0.15) is 0 Å². The molecule has 128 valence electrons. The van der Waals surface area contributed by atoms with Gasteiger partial charge >= 0.3 is 12.1 Å². The van der Waals surface area contributed by atoms with Crippen molar-refractivity contribution in [1.82, 2.24) is 4.90 Å². The zero-order valence-corrected chi connectivity index (χ0v) is 14.4. The topological polar surface area (TPSA) is 91.1 Å². The fourth-order valence-corrected chi connectivity index (χ4v) is 3.87. The molecular weight excluding hydrogens is 320 g/mol. The Morgan fingerprint density at radius 1 is 1.26 bits per heavy atom. The predicted molar refractivity (Wildman–Crippen MR) is 86.2 cm³/mol. The van der Waals surface area contributed by atoms with Gasteiger partial charge in [0.25, 0.3) is 0 Å². The third-order valence-corrected chi connectivity index (χ3v) is 4.70. The van der Waals surface area contributed by atoms with Gasteiger partial charge in [-0.15, -0.1) is 0 Å². The second-order valence-electron chi connectivity index (χ2n) is 4.91. The zero-order valence-electron chi connectivity index (χ0n) is 13.5. The first-order chi connectivity index (χ1) is 11.0. The number of ether oxygens (including phenoxy) is 3. The number of hydrogen-bond donors (Lipinski definition) is 1. The van der Waals surface area contributed by atoms with E-state index in [1.165, 1.54) is 16.7 Å². The monoisotopic (exact) mass is 342 g/mol. The summed E-state index contributed by atoms with van der Waals surface area (Å²) >= 11 is 1.41. The molecule has 2 rings (SSSR count). The number of thioether (sulfide) groups is 1. The molecule has 0 bridgehead atoms. The molecule has 0 aromatic rings. The lowest BCUT2D eigenvalue weighted by atomic mass is 9.97. The summed E-state index contributed by atoms with van der Waals surface area (Å²) in [5.74, 6) is -0.993. The van der Waals surface area contributed by atoms with Crippen LogP contribution < -0.4 is 5.73 Å². The molecule has 0 radical (unpaired) electrons. The Balaban J connectivity index is 2.24. The van der Waals surface area contributed by atoms with Crippen LogP contribution in [0.2, 0.25) is 0 Å². The molecule has 8 heteroatoms. The highest BCUT2D eigenvalue weighted by molar-refractivity contribution is 8.07. The van der Waals surface area contributed by atoms with Crippen LogP contribution >= 0.6 is 11.8 Å². The van der Waals surface area contributed by atoms with Gasteiger partial charge < -0.3 is 19.9 Å². The second-order valence-corrected chi connectivity index (χ2v) is 6.08. The lowest BCUT2D eigenvalue weighted by Crippen LogP contribution is -2.45. The van der Waals surface area contributed by atoms with Crippen molar-refractivity contribution in [3.05, 3.63) is 21.6 Å². The number of nitrogens with zero attached hydrogens (tertiary/aromatic N) is 1. The predicted octanol–water partition coefficient (Wildman–Crippen LogP) is 1.80. The van der Waals surface area contributed by atoms with Crippen LogP contribution in [-0.2, 0) is 19.0 Å². The van der Waals surface area contributed by atoms with Crippen molar-refractivity contribution in [3.63, 3.8) is 0 Å². The highest BCUT2D eigenvalue weighted by Crippen LogP contribution is 2.50. The number of rotatable bonds is 5. The van der Waals surface area contributed by atoms with Crippen molar-refractivity contribution >= 4 is 23.8 Å². The largest absolute Gasteiger partial charge is 0.501 e. The van der Waals surface area contributed by atoms with Crippen molar-refractivity contribution in [2.75, 3.05) is 26.4 Å². The molecular formula is C15H22N2O5S. The van der Waals surface area contributed by atoms with Gasteiger partial charge in [-0.3, -0.25) is 9.69 Å². The lowest BCUT2D eigenvalue weighted by Gasteiger charge is -2.26. The number of carbonyl (C=O) groups excluding carboxylic acids is 2. The van der Waals surface area contributed by atoms with E-state index in [-0.39, 0.29) is 19.2 Å². The molecule has 0 aliphatic carbocycles. The van der Waals surface area contributed by atoms with Crippen LogP contribution in [0.4, 0.5) is 4.79 Å². The number of nitrogens with two attached hydrogens (primary N) is 1. The molecule has 0 aromatic heterocycles. The Kier molecular flexibility index (Phi) is 5.95. The van der Waals surface area contributed by atoms with Crippen molar-refractivity contribution in [2.24, 2.45) is 11.7 Å². The Bertz CT molecular complexity index is 546. The van der Waals surface area contributed by atoms with Gasteiger partial charge in [0, 0.05) is 9.81 Å². The summed E-state index contributed by atoms with van der Waals surface area (Å²) in [6.45, 7) is 6.74. The van der Waals surface area contributed by atoms with E-state index in [0.29, 0.717) is 18.7 Å². The molecule has 2 aliphatic rings. The third kappa shape index (κ3) is 3.48. The zero-order chi connectivity index (χ0) is 17.0. The van der Waals surface area contributed by atoms with Gasteiger partial charge in [-0.25, -0.2) is 4.79 Å². The van der Waals surface area contributed by atoms with Crippen LogP contribution in [0.15, 0.2) is 21.6 Å². The molecule has 7 nitrogen and oxygen atoms in total. The smallest absolute Gasteiger partial charge is 0.411 e. The highest BCUT2D eigenvalue weighted by Gasteiger charge is 2.47. The quantitative estimate of drug-likeness (QED) is 0.602. The SMILES string of the molecule is CCOC=C1SC2=C(C1C(=O)OCC)C(N)N(C(=O)OCC)C2. The number of carbonyl (C=O) groups is 2. The molecule has 1 amide bonds. The minimum absolute atomic E-state index is 0.274. The minimum atomic E-state index is -0.696. The summed E-state index contributed by atoms with van der Waals surface area (Å²) in [4.78, 5) is 27.4. The van der Waals surface area contributed by atoms with Crippen molar-refractivity contribution in [1.29, 1.82) is 0 Å². The standard InChI is InChI=1S/C15H22N2O5S/c1-4-20-8-10-12(14(18)21-5-2)11-9(23-10)7-17(13(11)16)15(19)22-6-3/h8,12-13H,4-7,16H2,1-3H3. The van der Waals surface area contributed by atoms with Gasteiger partial charge in [0.15, 0.2) is 0 Å². The van der Waals surface area contributed by atoms with Crippen LogP contribution in [0, 0.1) is 5.92 Å². The number of esters is 1. The average Bonchev–Trinajstić information content (AvgIpc) is 3.02. The van der Waals surface area contributed by atoms with E-state index < -0.39 is 18.2 Å². The van der Waals surface area contributed by atoms with E-state index in [1.54, 1.807) is 20.1 Å². The highest BCUT2D eigenvalue weighted by atomic mass is 32.2. The third-order valence-electron chi connectivity index (χ3n) is 3.52. The van der Waals surface area contributed by atoms with Gasteiger partial charge in [0.1, 0.15) is 12.1 Å². The number of amides is 1. The van der Waals surface area contributed by atoms with E-state index in [4.69, 9.17) is 19.9 Å². The molecule has 0 saturated carbocycles. The summed E-state index contributed by atoms with van der Waals surface area (Å²) in [5.41, 5.74) is 6.89. The molecule has 0 saturated heterocycles. The summed E-state index contributed by atoms with van der Waals surface area (Å²) in [6, 6.07) is 0. The summed E-state index contributed by atoms with van der Waals surface area (Å²) in [7, 11) is 0. The van der Waals surface area contributed by atoms with Crippen LogP contribution in [0.1, 0.15) is 20.8 Å². The molecule has 2 unspecified atom stereocenters. The van der Waals surface area contributed by atoms with E-state index in [0.717, 1.165) is 9.81 Å². The maximum atomic E-state index is 12.4. The fraction of sp³-hybridized carbons (Fsp3) is 0.600. The average molecular weight is 342 g/mol. The molecule has 2 heterocycles. The summed E-state index contributed by atoms with van der Waals surface area (Å²) in [6.07, 6.45) is 0.401. The van der Waals surface area contributed by atoms with Gasteiger partial charge in [0.05, 0.1) is 32.6 Å². The van der Waals surface area contributed by atoms with Crippen LogP contribution in [0.25, 0.3) is 0 Å². The van der Waals surface area contributed by atoms with Crippen molar-refractivity contribution in [2.45, 2.75) is 26.9 Å². The Labute approximate surface area is 139 Å². The van der Waals surface area contributed by atoms with Crippen LogP contribution in [0.3, 0.4) is 0 Å². The minimum Gasteiger partial charge on any atom is -0.501 e. The maximum Gasteiger partial charge on any atom is 0.411 e. The molecule has 0 fully saturated rings. The molecule has 23 heavy (non-hydrogen) atoms. The first kappa shape index (κ1) is 17.7. The molecule has 2 aliphatic heterocycles. The molecule has 0 aromatic carbocycles. The van der Waals surface area contributed by atoms with Crippen LogP contribution in [-0.4, -0.2) is 49.5 Å². The lowest BCUT2D eigenvalue weighted by molar-refractivity contribution is -0.145. The second kappa shape index (κ2) is 7.74. The number of hydrogen-bond acceptors (Lipinski definition) is 7. The van der Waals surface area contributed by atoms with Gasteiger partial charge in [-0.05, 0) is 26.3 Å². The van der Waals surface area contributed by atoms with E-state index in [2.05, 4.69) is 0 Å². The normalized spacial score (nSPS) is 24.9. The summed E-state index contributed by atoms with van der Waals surface area (Å²) in [5, 5.41) is 0. The van der Waals surface area contributed by atoms with Crippen LogP contribution in [0.5, 0.6) is 0 Å². The first-order valence-corrected chi connectivity index (χ1v) is 8.44. The Morgan fingerprint density at radius 2 is 1.96 bits per heavy atom. The van der Waals surface area contributed by atoms with E-state index >= 15 is 0 Å². The van der Waals surface area contributed by atoms with E-state index in [1.807, 2.05) is 6.92 Å². The fourth-order valence-electron chi connectivity index (χ4n) is 2.57. The van der Waals surface area contributed by atoms with Crippen molar-refractivity contribution in [3.8, 4) is 0 Å².